The molecule has 0 bridgehead atoms. The van der Waals surface area contributed by atoms with E-state index in [1.165, 1.54) is 0 Å². The van der Waals surface area contributed by atoms with Crippen LogP contribution >= 0.6 is 11.6 Å². The van der Waals surface area contributed by atoms with Gasteiger partial charge in [0.1, 0.15) is 5.65 Å². The van der Waals surface area contributed by atoms with Crippen molar-refractivity contribution in [3.05, 3.63) is 40.9 Å². The Labute approximate surface area is 166 Å². The number of amides is 1. The third kappa shape index (κ3) is 2.87. The molecule has 2 aliphatic heterocycles. The van der Waals surface area contributed by atoms with Crippen LogP contribution in [0.3, 0.4) is 0 Å². The summed E-state index contributed by atoms with van der Waals surface area (Å²) in [5.41, 5.74) is 5.25. The van der Waals surface area contributed by atoms with E-state index in [1.54, 1.807) is 17.3 Å². The monoisotopic (exact) mass is 398 g/mol. The number of H-pyrrole nitrogens is 1. The van der Waals surface area contributed by atoms with Crippen molar-refractivity contribution in [3.8, 4) is 11.1 Å². The molecule has 0 aliphatic carbocycles. The lowest BCUT2D eigenvalue weighted by atomic mass is 10.0. The number of halogens is 1. The first kappa shape index (κ1) is 17.6. The van der Waals surface area contributed by atoms with Crippen molar-refractivity contribution in [2.45, 2.75) is 19.4 Å². The molecular formula is C20H19ClN4O3. The molecule has 1 fully saturated rings. The third-order valence-electron chi connectivity index (χ3n) is 5.35. The van der Waals surface area contributed by atoms with Crippen molar-refractivity contribution in [1.29, 1.82) is 0 Å². The molecule has 1 atom stereocenters. The zero-order valence-electron chi connectivity index (χ0n) is 15.4. The summed E-state index contributed by atoms with van der Waals surface area (Å²) >= 11 is 6.32. The van der Waals surface area contributed by atoms with E-state index < -0.39 is 0 Å². The molecule has 3 aromatic rings. The molecule has 5 heterocycles. The molecule has 0 unspecified atom stereocenters. The summed E-state index contributed by atoms with van der Waals surface area (Å²) in [7, 11) is 0. The first-order valence-corrected chi connectivity index (χ1v) is 9.61. The molecule has 7 nitrogen and oxygen atoms in total. The minimum absolute atomic E-state index is 0.0350. The third-order valence-corrected chi connectivity index (χ3v) is 5.65. The summed E-state index contributed by atoms with van der Waals surface area (Å²) in [6.07, 6.45) is 5.54. The summed E-state index contributed by atoms with van der Waals surface area (Å²) in [5, 5.41) is 1.54. The van der Waals surface area contributed by atoms with Crippen molar-refractivity contribution in [3.63, 3.8) is 0 Å². The fourth-order valence-corrected chi connectivity index (χ4v) is 4.20. The van der Waals surface area contributed by atoms with Crippen molar-refractivity contribution in [2.24, 2.45) is 0 Å². The van der Waals surface area contributed by atoms with Gasteiger partial charge in [0, 0.05) is 35.1 Å². The molecule has 1 N–H and O–H groups in total. The highest BCUT2D eigenvalue weighted by Gasteiger charge is 2.32. The largest absolute Gasteiger partial charge is 0.376 e. The van der Waals surface area contributed by atoms with Gasteiger partial charge in [0.15, 0.2) is 0 Å². The lowest BCUT2D eigenvalue weighted by Crippen LogP contribution is -2.41. The number of aromatic nitrogens is 3. The fourth-order valence-electron chi connectivity index (χ4n) is 3.92. The number of aromatic amines is 1. The summed E-state index contributed by atoms with van der Waals surface area (Å²) in [6, 6.07) is 2.01. The van der Waals surface area contributed by atoms with Crippen LogP contribution in [0.2, 0.25) is 5.02 Å². The number of hydrogen-bond donors (Lipinski definition) is 1. The molecule has 2 aliphatic rings. The van der Waals surface area contributed by atoms with Crippen LogP contribution in [0.25, 0.3) is 22.2 Å². The summed E-state index contributed by atoms with van der Waals surface area (Å²) in [4.78, 5) is 26.4. The quantitative estimate of drug-likeness (QED) is 0.733. The Morgan fingerprint density at radius 2 is 2.21 bits per heavy atom. The van der Waals surface area contributed by atoms with Crippen LogP contribution in [0.4, 0.5) is 5.69 Å². The number of nitrogens with one attached hydrogen (secondary N) is 1. The number of pyridine rings is 2. The van der Waals surface area contributed by atoms with Crippen molar-refractivity contribution in [2.75, 3.05) is 31.3 Å². The van der Waals surface area contributed by atoms with E-state index in [2.05, 4.69) is 15.0 Å². The zero-order chi connectivity index (χ0) is 19.3. The number of carbonyl (C=O) groups excluding carboxylic acids is 1. The number of fused-ring (bicyclic) bond motifs is 2. The van der Waals surface area contributed by atoms with E-state index in [4.69, 9.17) is 21.1 Å². The number of nitrogens with zero attached hydrogens (tertiary/aromatic N) is 3. The molecule has 1 saturated heterocycles. The second kappa shape index (κ2) is 6.84. The van der Waals surface area contributed by atoms with Crippen LogP contribution in [0.1, 0.15) is 11.3 Å². The standard InChI is InChI=1S/C20H19ClN4O3/c1-11-14(7-23-20-19(11)15(21)8-24-20)12-4-17-16(22-6-12)5-18(26)25(17)9-13-10-27-2-3-28-13/h4,6-8,13H,2-3,5,9-10H2,1H3,(H,23,24)/t13-/m0/s1. The molecule has 28 heavy (non-hydrogen) atoms. The zero-order valence-corrected chi connectivity index (χ0v) is 16.1. The van der Waals surface area contributed by atoms with Crippen LogP contribution in [0.5, 0.6) is 0 Å². The van der Waals surface area contributed by atoms with Crippen molar-refractivity contribution in [1.82, 2.24) is 15.0 Å². The van der Waals surface area contributed by atoms with Crippen LogP contribution in [-0.4, -0.2) is 53.3 Å². The Hall–Kier alpha value is -2.48. The van der Waals surface area contributed by atoms with Gasteiger partial charge in [0.05, 0.1) is 55.3 Å². The maximum Gasteiger partial charge on any atom is 0.233 e. The minimum atomic E-state index is -0.120. The van der Waals surface area contributed by atoms with E-state index in [0.29, 0.717) is 37.8 Å². The molecule has 8 heteroatoms. The minimum Gasteiger partial charge on any atom is -0.376 e. The van der Waals surface area contributed by atoms with Crippen LogP contribution in [-0.2, 0) is 20.7 Å². The van der Waals surface area contributed by atoms with E-state index in [-0.39, 0.29) is 12.0 Å². The lowest BCUT2D eigenvalue weighted by molar-refractivity contribution is -0.119. The van der Waals surface area contributed by atoms with Crippen molar-refractivity contribution >= 4 is 34.2 Å². The first-order chi connectivity index (χ1) is 13.6. The first-order valence-electron chi connectivity index (χ1n) is 9.23. The Morgan fingerprint density at radius 1 is 1.32 bits per heavy atom. The normalized spacial score (nSPS) is 19.4. The second-order valence-electron chi connectivity index (χ2n) is 7.10. The van der Waals surface area contributed by atoms with E-state index in [0.717, 1.165) is 39.1 Å². The highest BCUT2D eigenvalue weighted by atomic mass is 35.5. The second-order valence-corrected chi connectivity index (χ2v) is 7.50. The van der Waals surface area contributed by atoms with Crippen molar-refractivity contribution < 1.29 is 14.3 Å². The maximum absolute atomic E-state index is 12.6. The Balaban J connectivity index is 1.53. The fraction of sp³-hybridized carbons (Fsp3) is 0.350. The van der Waals surface area contributed by atoms with Gasteiger partial charge in [-0.25, -0.2) is 4.98 Å². The topological polar surface area (TPSA) is 80.3 Å². The van der Waals surface area contributed by atoms with E-state index >= 15 is 0 Å². The predicted molar refractivity (Wildman–Crippen MR) is 106 cm³/mol. The smallest absolute Gasteiger partial charge is 0.233 e. The predicted octanol–water partition coefficient (Wildman–Crippen LogP) is 2.89. The highest BCUT2D eigenvalue weighted by molar-refractivity contribution is 6.35. The van der Waals surface area contributed by atoms with Gasteiger partial charge >= 0.3 is 0 Å². The molecule has 0 spiro atoms. The van der Waals surface area contributed by atoms with Gasteiger partial charge in [-0.05, 0) is 18.6 Å². The Morgan fingerprint density at radius 3 is 3.04 bits per heavy atom. The molecular weight excluding hydrogens is 380 g/mol. The average molecular weight is 399 g/mol. The average Bonchev–Trinajstić information content (AvgIpc) is 3.23. The molecule has 0 radical (unpaired) electrons. The van der Waals surface area contributed by atoms with Gasteiger partial charge in [-0.3, -0.25) is 9.78 Å². The number of ether oxygens (including phenoxy) is 2. The molecule has 0 aromatic carbocycles. The maximum atomic E-state index is 12.6. The van der Waals surface area contributed by atoms with E-state index in [9.17, 15) is 4.79 Å². The molecule has 144 valence electrons. The number of carbonyl (C=O) groups is 1. The summed E-state index contributed by atoms with van der Waals surface area (Å²) in [5.74, 6) is 0.0350. The van der Waals surface area contributed by atoms with Gasteiger partial charge in [-0.15, -0.1) is 0 Å². The number of hydrogen-bond acceptors (Lipinski definition) is 5. The van der Waals surface area contributed by atoms with Gasteiger partial charge in [0.2, 0.25) is 5.91 Å². The SMILES string of the molecule is Cc1c(-c2cnc3c(c2)N(C[C@H]2COCCO2)C(=O)C3)cnc2[nH]cc(Cl)c12. The molecule has 1 amide bonds. The number of anilines is 1. The molecule has 5 rings (SSSR count). The van der Waals surface area contributed by atoms with Crippen LogP contribution in [0, 0.1) is 6.92 Å². The van der Waals surface area contributed by atoms with E-state index in [1.807, 2.05) is 19.2 Å². The Bertz CT molecular complexity index is 1070. The lowest BCUT2D eigenvalue weighted by Gasteiger charge is -2.27. The number of rotatable bonds is 3. The molecule has 0 saturated carbocycles. The summed E-state index contributed by atoms with van der Waals surface area (Å²) in [6.45, 7) is 4.14. The van der Waals surface area contributed by atoms with Gasteiger partial charge in [0.25, 0.3) is 0 Å². The summed E-state index contributed by atoms with van der Waals surface area (Å²) < 4.78 is 11.2. The van der Waals surface area contributed by atoms with Crippen LogP contribution < -0.4 is 4.90 Å². The Kier molecular flexibility index (Phi) is 4.30. The molecule has 3 aromatic heterocycles. The van der Waals surface area contributed by atoms with Crippen LogP contribution in [0.15, 0.2) is 24.7 Å². The number of aryl methyl sites for hydroxylation is 1. The van der Waals surface area contributed by atoms with Gasteiger partial charge < -0.3 is 19.4 Å². The highest BCUT2D eigenvalue weighted by Crippen LogP contribution is 2.36. The van der Waals surface area contributed by atoms with Gasteiger partial charge in [-0.1, -0.05) is 11.6 Å². The van der Waals surface area contributed by atoms with Gasteiger partial charge in [-0.2, -0.15) is 0 Å².